The Hall–Kier alpha value is -2.57. The van der Waals surface area contributed by atoms with Gasteiger partial charge in [0.15, 0.2) is 0 Å². The molecule has 108 valence electrons. The summed E-state index contributed by atoms with van der Waals surface area (Å²) in [6, 6.07) is 5.84. The average Bonchev–Trinajstić information content (AvgIpc) is 2.45. The highest BCUT2D eigenvalue weighted by Gasteiger charge is 2.05. The zero-order valence-corrected chi connectivity index (χ0v) is 11.0. The van der Waals surface area contributed by atoms with Crippen molar-refractivity contribution in [3.8, 4) is 0 Å². The van der Waals surface area contributed by atoms with Crippen molar-refractivity contribution in [1.29, 1.82) is 0 Å². The van der Waals surface area contributed by atoms with E-state index in [0.717, 1.165) is 0 Å². The van der Waals surface area contributed by atoms with Crippen molar-refractivity contribution in [2.45, 2.75) is 13.0 Å². The summed E-state index contributed by atoms with van der Waals surface area (Å²) in [4.78, 5) is 33.0. The predicted octanol–water partition coefficient (Wildman–Crippen LogP) is 0.747. The molecule has 0 spiro atoms. The van der Waals surface area contributed by atoms with E-state index in [9.17, 15) is 14.4 Å². The van der Waals surface area contributed by atoms with Crippen LogP contribution in [0.3, 0.4) is 0 Å². The van der Waals surface area contributed by atoms with Gasteiger partial charge < -0.3 is 20.5 Å². The highest BCUT2D eigenvalue weighted by Crippen LogP contribution is 2.04. The number of benzene rings is 1. The summed E-state index contributed by atoms with van der Waals surface area (Å²) in [7, 11) is 1.28. The average molecular weight is 280 g/mol. The lowest BCUT2D eigenvalue weighted by Gasteiger charge is -2.07. The molecule has 0 aliphatic heterocycles. The third kappa shape index (κ3) is 5.38. The maximum absolute atomic E-state index is 11.4. The van der Waals surface area contributed by atoms with Crippen molar-refractivity contribution in [2.24, 2.45) is 0 Å². The van der Waals surface area contributed by atoms with Crippen LogP contribution < -0.4 is 10.6 Å². The number of ether oxygens (including phenoxy) is 1. The lowest BCUT2D eigenvalue weighted by Crippen LogP contribution is -2.36. The number of hydrogen-bond donors (Lipinski definition) is 3. The maximum atomic E-state index is 11.4. The van der Waals surface area contributed by atoms with Crippen LogP contribution in [0.1, 0.15) is 22.3 Å². The summed E-state index contributed by atoms with van der Waals surface area (Å²) in [5.74, 6) is -1.42. The van der Waals surface area contributed by atoms with Gasteiger partial charge >= 0.3 is 18.0 Å². The van der Waals surface area contributed by atoms with Gasteiger partial charge in [-0.25, -0.2) is 9.59 Å². The Morgan fingerprint density at radius 3 is 2.65 bits per heavy atom. The minimum atomic E-state index is -1.02. The van der Waals surface area contributed by atoms with Gasteiger partial charge in [0, 0.05) is 13.1 Å². The minimum absolute atomic E-state index is 0.0957. The van der Waals surface area contributed by atoms with Crippen molar-refractivity contribution in [3.63, 3.8) is 0 Å². The predicted molar refractivity (Wildman–Crippen MR) is 70.3 cm³/mol. The van der Waals surface area contributed by atoms with Crippen LogP contribution in [0.5, 0.6) is 0 Å². The molecule has 7 heteroatoms. The number of carbonyl (C=O) groups excluding carboxylic acids is 2. The van der Waals surface area contributed by atoms with Crippen LogP contribution in [0.2, 0.25) is 0 Å². The lowest BCUT2D eigenvalue weighted by molar-refractivity contribution is -0.140. The monoisotopic (exact) mass is 280 g/mol. The van der Waals surface area contributed by atoms with E-state index in [4.69, 9.17) is 5.11 Å². The van der Waals surface area contributed by atoms with Gasteiger partial charge in [0.2, 0.25) is 0 Å². The normalized spacial score (nSPS) is 9.65. The second-order valence-corrected chi connectivity index (χ2v) is 3.94. The molecule has 0 aliphatic rings. The van der Waals surface area contributed by atoms with Gasteiger partial charge in [0.1, 0.15) is 0 Å². The van der Waals surface area contributed by atoms with Crippen LogP contribution in [0.25, 0.3) is 0 Å². The van der Waals surface area contributed by atoms with Crippen molar-refractivity contribution >= 4 is 18.0 Å². The number of esters is 1. The van der Waals surface area contributed by atoms with E-state index in [1.165, 1.54) is 19.2 Å². The first-order valence-electron chi connectivity index (χ1n) is 5.93. The molecule has 0 saturated heterocycles. The molecule has 2 amide bonds. The molecule has 0 aromatic heterocycles. The van der Waals surface area contributed by atoms with Crippen molar-refractivity contribution in [3.05, 3.63) is 35.4 Å². The van der Waals surface area contributed by atoms with Crippen LogP contribution in [-0.4, -0.2) is 36.7 Å². The number of carboxylic acid groups (broad SMARTS) is 1. The zero-order valence-electron chi connectivity index (χ0n) is 11.0. The molecule has 0 unspecified atom stereocenters. The van der Waals surface area contributed by atoms with Crippen LogP contribution in [-0.2, 0) is 16.1 Å². The van der Waals surface area contributed by atoms with Crippen molar-refractivity contribution in [2.75, 3.05) is 13.7 Å². The molecule has 1 aromatic rings. The quantitative estimate of drug-likeness (QED) is 0.667. The van der Waals surface area contributed by atoms with E-state index in [1.807, 2.05) is 0 Å². The fourth-order valence-corrected chi connectivity index (χ4v) is 1.44. The largest absolute Gasteiger partial charge is 0.478 e. The number of carbonyl (C=O) groups is 3. The van der Waals surface area contributed by atoms with Gasteiger partial charge in [-0.2, -0.15) is 0 Å². The molecule has 7 nitrogen and oxygen atoms in total. The fourth-order valence-electron chi connectivity index (χ4n) is 1.44. The van der Waals surface area contributed by atoms with Gasteiger partial charge in [0.25, 0.3) is 0 Å². The summed E-state index contributed by atoms with van der Waals surface area (Å²) in [5.41, 5.74) is 0.836. The summed E-state index contributed by atoms with van der Waals surface area (Å²) in [6.45, 7) is 0.374. The number of amides is 2. The van der Waals surface area contributed by atoms with Gasteiger partial charge in [-0.1, -0.05) is 12.1 Å². The molecule has 0 heterocycles. The Bertz CT molecular complexity index is 501. The number of hydrogen-bond acceptors (Lipinski definition) is 4. The van der Waals surface area contributed by atoms with Gasteiger partial charge in [-0.15, -0.1) is 0 Å². The summed E-state index contributed by atoms with van der Waals surface area (Å²) in [6.07, 6.45) is 0.0957. The maximum Gasteiger partial charge on any atom is 0.335 e. The number of nitrogens with one attached hydrogen (secondary N) is 2. The number of carboxylic acids is 1. The molecule has 0 fully saturated rings. The van der Waals surface area contributed by atoms with Crippen LogP contribution in [0.15, 0.2) is 24.3 Å². The summed E-state index contributed by atoms with van der Waals surface area (Å²) >= 11 is 0. The molecule has 0 radical (unpaired) electrons. The van der Waals surface area contributed by atoms with Gasteiger partial charge in [0.05, 0.1) is 19.1 Å². The third-order valence-electron chi connectivity index (χ3n) is 2.47. The Balaban J connectivity index is 2.35. The smallest absolute Gasteiger partial charge is 0.335 e. The molecule has 0 atom stereocenters. The Kier molecular flexibility index (Phi) is 6.02. The molecular formula is C13H16N2O5. The highest BCUT2D eigenvalue weighted by atomic mass is 16.5. The number of aromatic carboxylic acids is 1. The van der Waals surface area contributed by atoms with Crippen molar-refractivity contribution in [1.82, 2.24) is 10.6 Å². The number of urea groups is 1. The summed E-state index contributed by atoms with van der Waals surface area (Å²) in [5, 5.41) is 13.9. The number of methoxy groups -OCH3 is 1. The van der Waals surface area contributed by atoms with E-state index in [1.54, 1.807) is 12.1 Å². The fraction of sp³-hybridized carbons (Fsp3) is 0.308. The molecule has 0 bridgehead atoms. The van der Waals surface area contributed by atoms with E-state index in [-0.39, 0.29) is 25.1 Å². The van der Waals surface area contributed by atoms with E-state index < -0.39 is 18.0 Å². The zero-order chi connectivity index (χ0) is 15.0. The summed E-state index contributed by atoms with van der Waals surface area (Å²) < 4.78 is 4.43. The van der Waals surface area contributed by atoms with Gasteiger partial charge in [-0.05, 0) is 17.7 Å². The first-order valence-corrected chi connectivity index (χ1v) is 5.93. The van der Waals surface area contributed by atoms with E-state index >= 15 is 0 Å². The van der Waals surface area contributed by atoms with Crippen LogP contribution in [0.4, 0.5) is 4.79 Å². The topological polar surface area (TPSA) is 105 Å². The Labute approximate surface area is 115 Å². The minimum Gasteiger partial charge on any atom is -0.478 e. The molecule has 3 N–H and O–H groups in total. The highest BCUT2D eigenvalue weighted by molar-refractivity contribution is 5.87. The molecule has 1 aromatic carbocycles. The van der Waals surface area contributed by atoms with Crippen molar-refractivity contribution < 1.29 is 24.2 Å². The molecule has 0 aliphatic carbocycles. The standard InChI is InChI=1S/C13H16N2O5/c1-20-11(16)5-6-14-13(19)15-8-9-3-2-4-10(7-9)12(17)18/h2-4,7H,5-6,8H2,1H3,(H,17,18)(H2,14,15,19). The van der Waals surface area contributed by atoms with Crippen LogP contribution in [0, 0.1) is 0 Å². The van der Waals surface area contributed by atoms with E-state index in [2.05, 4.69) is 15.4 Å². The Morgan fingerprint density at radius 2 is 2.00 bits per heavy atom. The second kappa shape index (κ2) is 7.78. The van der Waals surface area contributed by atoms with E-state index in [0.29, 0.717) is 5.56 Å². The molecule has 0 saturated carbocycles. The first-order chi connectivity index (χ1) is 9.52. The third-order valence-corrected chi connectivity index (χ3v) is 2.47. The second-order valence-electron chi connectivity index (χ2n) is 3.94. The molecule has 1 rings (SSSR count). The lowest BCUT2D eigenvalue weighted by atomic mass is 10.1. The molecule has 20 heavy (non-hydrogen) atoms. The SMILES string of the molecule is COC(=O)CCNC(=O)NCc1cccc(C(=O)O)c1. The number of rotatable bonds is 6. The molecular weight excluding hydrogens is 264 g/mol. The van der Waals surface area contributed by atoms with Gasteiger partial charge in [-0.3, -0.25) is 4.79 Å². The first kappa shape index (κ1) is 15.5. The van der Waals surface area contributed by atoms with Crippen LogP contribution >= 0.6 is 0 Å². The Morgan fingerprint density at radius 1 is 1.25 bits per heavy atom.